The van der Waals surface area contributed by atoms with Crippen LogP contribution >= 0.6 is 11.6 Å². The number of aryl methyl sites for hydroxylation is 1. The van der Waals surface area contributed by atoms with E-state index < -0.39 is 0 Å². The Labute approximate surface area is 161 Å². The molecule has 0 saturated carbocycles. The summed E-state index contributed by atoms with van der Waals surface area (Å²) >= 11 is 6.11. The first-order chi connectivity index (χ1) is 12.7. The van der Waals surface area contributed by atoms with Gasteiger partial charge in [-0.2, -0.15) is 15.1 Å². The van der Waals surface area contributed by atoms with Crippen molar-refractivity contribution in [2.24, 2.45) is 0 Å². The van der Waals surface area contributed by atoms with E-state index in [-0.39, 0.29) is 7.43 Å². The molecule has 7 nitrogen and oxygen atoms in total. The summed E-state index contributed by atoms with van der Waals surface area (Å²) in [6, 6.07) is 12.9. The van der Waals surface area contributed by atoms with E-state index in [0.29, 0.717) is 28.4 Å². The first-order valence-electron chi connectivity index (χ1n) is 7.89. The number of anilines is 2. The van der Waals surface area contributed by atoms with Crippen LogP contribution in [0.15, 0.2) is 54.9 Å². The first kappa shape index (κ1) is 18.5. The van der Waals surface area contributed by atoms with Crippen LogP contribution in [0.2, 0.25) is 5.02 Å². The molecule has 0 radical (unpaired) electrons. The molecular formula is C19H18ClN7. The minimum absolute atomic E-state index is 0. The summed E-state index contributed by atoms with van der Waals surface area (Å²) in [4.78, 5) is 17.6. The van der Waals surface area contributed by atoms with Crippen LogP contribution in [0.3, 0.4) is 0 Å². The highest BCUT2D eigenvalue weighted by Crippen LogP contribution is 2.24. The van der Waals surface area contributed by atoms with E-state index in [4.69, 9.17) is 11.6 Å². The minimum atomic E-state index is 0. The van der Waals surface area contributed by atoms with Crippen LogP contribution in [0.5, 0.6) is 0 Å². The van der Waals surface area contributed by atoms with Gasteiger partial charge in [0.1, 0.15) is 0 Å². The second kappa shape index (κ2) is 7.92. The third-order valence-corrected chi connectivity index (χ3v) is 3.84. The van der Waals surface area contributed by atoms with E-state index >= 15 is 0 Å². The summed E-state index contributed by atoms with van der Waals surface area (Å²) in [5.74, 6) is 2.08. The summed E-state index contributed by atoms with van der Waals surface area (Å²) in [7, 11) is 0. The number of nitrogens with zero attached hydrogens (tertiary/aromatic N) is 5. The van der Waals surface area contributed by atoms with Gasteiger partial charge in [-0.1, -0.05) is 31.2 Å². The highest BCUT2D eigenvalue weighted by Gasteiger charge is 2.12. The second-order valence-electron chi connectivity index (χ2n) is 5.61. The summed E-state index contributed by atoms with van der Waals surface area (Å²) in [6.07, 6.45) is 3.39. The van der Waals surface area contributed by atoms with Gasteiger partial charge in [0.15, 0.2) is 17.5 Å². The van der Waals surface area contributed by atoms with Gasteiger partial charge in [-0.25, -0.2) is 4.98 Å². The molecule has 0 unspecified atom stereocenters. The number of nitrogens with one attached hydrogen (secondary N) is 2. The van der Waals surface area contributed by atoms with Crippen LogP contribution < -0.4 is 5.32 Å². The van der Waals surface area contributed by atoms with Crippen LogP contribution in [0.1, 0.15) is 13.1 Å². The molecule has 1 aromatic carbocycles. The molecule has 0 saturated heterocycles. The van der Waals surface area contributed by atoms with Crippen molar-refractivity contribution in [2.45, 2.75) is 14.4 Å². The Morgan fingerprint density at radius 1 is 0.926 bits per heavy atom. The van der Waals surface area contributed by atoms with Gasteiger partial charge in [-0.3, -0.25) is 10.1 Å². The van der Waals surface area contributed by atoms with Crippen molar-refractivity contribution in [3.05, 3.63) is 65.6 Å². The Hall–Kier alpha value is -3.32. The van der Waals surface area contributed by atoms with Gasteiger partial charge < -0.3 is 5.32 Å². The summed E-state index contributed by atoms with van der Waals surface area (Å²) in [5, 5.41) is 10.8. The number of halogens is 1. The highest BCUT2D eigenvalue weighted by molar-refractivity contribution is 6.30. The Morgan fingerprint density at radius 2 is 1.67 bits per heavy atom. The Kier molecular flexibility index (Phi) is 5.42. The van der Waals surface area contributed by atoms with E-state index in [1.807, 2.05) is 49.4 Å². The van der Waals surface area contributed by atoms with Crippen molar-refractivity contribution >= 4 is 23.4 Å². The van der Waals surface area contributed by atoms with E-state index in [9.17, 15) is 0 Å². The van der Waals surface area contributed by atoms with Crippen molar-refractivity contribution in [3.8, 4) is 22.8 Å². The van der Waals surface area contributed by atoms with Gasteiger partial charge in [0, 0.05) is 40.3 Å². The smallest absolute Gasteiger partial charge is 0.232 e. The Balaban J connectivity index is 0.00000210. The number of aromatic amines is 1. The summed E-state index contributed by atoms with van der Waals surface area (Å²) < 4.78 is 0. The molecule has 0 bridgehead atoms. The fraction of sp³-hybridized carbons (Fsp3) is 0.105. The molecule has 0 aliphatic rings. The second-order valence-corrected chi connectivity index (χ2v) is 6.05. The highest BCUT2D eigenvalue weighted by atomic mass is 35.5. The molecule has 0 aliphatic heterocycles. The Bertz CT molecular complexity index is 1050. The molecule has 3 aromatic heterocycles. The van der Waals surface area contributed by atoms with Crippen molar-refractivity contribution in [2.75, 3.05) is 5.32 Å². The molecule has 4 aromatic rings. The van der Waals surface area contributed by atoms with Gasteiger partial charge >= 0.3 is 0 Å². The predicted octanol–water partition coefficient (Wildman–Crippen LogP) is 4.67. The normalized spacial score (nSPS) is 10.3. The van der Waals surface area contributed by atoms with Crippen molar-refractivity contribution in [1.82, 2.24) is 30.1 Å². The molecule has 0 atom stereocenters. The maximum atomic E-state index is 6.11. The lowest BCUT2D eigenvalue weighted by Gasteiger charge is -2.08. The zero-order valence-corrected chi connectivity index (χ0v) is 14.6. The summed E-state index contributed by atoms with van der Waals surface area (Å²) in [5.41, 5.74) is 2.58. The number of H-pyrrole nitrogens is 1. The zero-order valence-electron chi connectivity index (χ0n) is 13.8. The molecule has 0 aliphatic carbocycles. The molecule has 3 heterocycles. The monoisotopic (exact) mass is 379 g/mol. The van der Waals surface area contributed by atoms with E-state index in [2.05, 4.69) is 35.5 Å². The van der Waals surface area contributed by atoms with Crippen molar-refractivity contribution < 1.29 is 0 Å². The van der Waals surface area contributed by atoms with Gasteiger partial charge in [0.2, 0.25) is 5.95 Å². The number of hydrogen-bond acceptors (Lipinski definition) is 6. The molecule has 4 rings (SSSR count). The van der Waals surface area contributed by atoms with Crippen LogP contribution in [0, 0.1) is 6.92 Å². The van der Waals surface area contributed by atoms with E-state index in [0.717, 1.165) is 16.8 Å². The van der Waals surface area contributed by atoms with E-state index in [1.54, 1.807) is 12.4 Å². The standard InChI is InChI=1S/C18H14ClN7.CH4/c1-11-9-15(26-25-11)21-18-23-16(12-5-7-20-8-6-12)22-17(24-18)13-3-2-4-14(19)10-13;/h2-10H,1H3,(H2,21,22,23,24,25,26);1H4. The number of aromatic nitrogens is 6. The fourth-order valence-corrected chi connectivity index (χ4v) is 2.61. The average Bonchev–Trinajstić information content (AvgIpc) is 3.07. The first-order valence-corrected chi connectivity index (χ1v) is 8.26. The van der Waals surface area contributed by atoms with Crippen LogP contribution in [-0.2, 0) is 0 Å². The van der Waals surface area contributed by atoms with Gasteiger partial charge in [-0.15, -0.1) is 0 Å². The average molecular weight is 380 g/mol. The minimum Gasteiger partial charge on any atom is -0.307 e. The molecule has 8 heteroatoms. The number of hydrogen-bond donors (Lipinski definition) is 2. The number of rotatable bonds is 4. The van der Waals surface area contributed by atoms with Crippen molar-refractivity contribution in [3.63, 3.8) is 0 Å². The topological polar surface area (TPSA) is 92.3 Å². The van der Waals surface area contributed by atoms with Crippen LogP contribution in [0.25, 0.3) is 22.8 Å². The van der Waals surface area contributed by atoms with E-state index in [1.165, 1.54) is 0 Å². The third kappa shape index (κ3) is 4.27. The maximum absolute atomic E-state index is 6.11. The summed E-state index contributed by atoms with van der Waals surface area (Å²) in [6.45, 7) is 1.92. The van der Waals surface area contributed by atoms with Gasteiger partial charge in [0.05, 0.1) is 0 Å². The Morgan fingerprint density at radius 3 is 2.33 bits per heavy atom. The molecule has 136 valence electrons. The molecule has 0 amide bonds. The molecule has 0 fully saturated rings. The lowest BCUT2D eigenvalue weighted by molar-refractivity contribution is 1.03. The predicted molar refractivity (Wildman–Crippen MR) is 107 cm³/mol. The SMILES string of the molecule is C.Cc1cc(Nc2nc(-c3ccncc3)nc(-c3cccc(Cl)c3)n2)n[nH]1. The molecule has 27 heavy (non-hydrogen) atoms. The number of benzene rings is 1. The van der Waals surface area contributed by atoms with Crippen molar-refractivity contribution in [1.29, 1.82) is 0 Å². The quantitative estimate of drug-likeness (QED) is 0.535. The largest absolute Gasteiger partial charge is 0.307 e. The fourth-order valence-electron chi connectivity index (χ4n) is 2.42. The maximum Gasteiger partial charge on any atom is 0.232 e. The third-order valence-electron chi connectivity index (χ3n) is 3.60. The van der Waals surface area contributed by atoms with Crippen LogP contribution in [-0.4, -0.2) is 30.1 Å². The van der Waals surface area contributed by atoms with Crippen LogP contribution in [0.4, 0.5) is 11.8 Å². The number of pyridine rings is 1. The molecule has 2 N–H and O–H groups in total. The zero-order chi connectivity index (χ0) is 17.9. The molecule has 0 spiro atoms. The molecular weight excluding hydrogens is 362 g/mol. The van der Waals surface area contributed by atoms with Gasteiger partial charge in [0.25, 0.3) is 0 Å². The van der Waals surface area contributed by atoms with Gasteiger partial charge in [-0.05, 0) is 31.2 Å². The lowest BCUT2D eigenvalue weighted by Crippen LogP contribution is -2.03. The lowest BCUT2D eigenvalue weighted by atomic mass is 10.2.